The van der Waals surface area contributed by atoms with E-state index < -0.39 is 6.10 Å². The van der Waals surface area contributed by atoms with Crippen LogP contribution in [-0.2, 0) is 14.3 Å². The van der Waals surface area contributed by atoms with Crippen LogP contribution in [0.2, 0.25) is 0 Å². The molecule has 0 aliphatic rings. The van der Waals surface area contributed by atoms with Crippen LogP contribution in [0.3, 0.4) is 0 Å². The summed E-state index contributed by atoms with van der Waals surface area (Å²) in [6.45, 7) is 4.10. The first-order chi connectivity index (χ1) is 9.19. The van der Waals surface area contributed by atoms with Gasteiger partial charge in [-0.15, -0.1) is 0 Å². The van der Waals surface area contributed by atoms with Crippen molar-refractivity contribution in [1.82, 2.24) is 0 Å². The number of unbranched alkanes of at least 4 members (excludes halogenated alkanes) is 2. The van der Waals surface area contributed by atoms with Gasteiger partial charge in [-0.2, -0.15) is 0 Å². The number of ether oxygens (including phenoxy) is 2. The highest BCUT2D eigenvalue weighted by Crippen LogP contribution is 2.19. The summed E-state index contributed by atoms with van der Waals surface area (Å²) >= 11 is 0. The molecular formula is C16H24O3. The Bertz CT molecular complexity index is 362. The Morgan fingerprint density at radius 2 is 1.89 bits per heavy atom. The maximum atomic E-state index is 12.1. The second kappa shape index (κ2) is 8.70. The van der Waals surface area contributed by atoms with Crippen molar-refractivity contribution >= 4 is 5.97 Å². The van der Waals surface area contributed by atoms with Crippen LogP contribution >= 0.6 is 0 Å². The highest BCUT2D eigenvalue weighted by Gasteiger charge is 2.23. The number of methoxy groups -OCH3 is 1. The minimum Gasteiger partial charge on any atom is -0.460 e. The number of benzene rings is 1. The van der Waals surface area contributed by atoms with E-state index in [4.69, 9.17) is 9.47 Å². The van der Waals surface area contributed by atoms with Crippen LogP contribution in [0.25, 0.3) is 0 Å². The van der Waals surface area contributed by atoms with E-state index >= 15 is 0 Å². The summed E-state index contributed by atoms with van der Waals surface area (Å²) in [5, 5.41) is 0. The molecule has 0 spiro atoms. The molecule has 0 saturated heterocycles. The van der Waals surface area contributed by atoms with E-state index in [2.05, 4.69) is 6.92 Å². The van der Waals surface area contributed by atoms with E-state index in [1.807, 2.05) is 37.3 Å². The highest BCUT2D eigenvalue weighted by atomic mass is 16.6. The predicted molar refractivity (Wildman–Crippen MR) is 75.9 cm³/mol. The molecule has 1 aromatic rings. The van der Waals surface area contributed by atoms with Gasteiger partial charge in [-0.25, -0.2) is 4.79 Å². The zero-order chi connectivity index (χ0) is 14.1. The van der Waals surface area contributed by atoms with Gasteiger partial charge in [0.05, 0.1) is 6.10 Å². The number of esters is 1. The molecule has 0 amide bonds. The standard InChI is InChI=1S/C16H24O3/c1-4-5-7-10-13(2)19-16(17)15(18-3)14-11-8-6-9-12-14/h6,8-9,11-13,15H,4-5,7,10H2,1-3H3/t13-,15+/m1/s1. The van der Waals surface area contributed by atoms with Gasteiger partial charge in [0.25, 0.3) is 0 Å². The molecule has 2 atom stereocenters. The van der Waals surface area contributed by atoms with Crippen LogP contribution in [0.5, 0.6) is 0 Å². The molecule has 3 heteroatoms. The maximum Gasteiger partial charge on any atom is 0.340 e. The number of carbonyl (C=O) groups excluding carboxylic acids is 1. The number of carbonyl (C=O) groups is 1. The Labute approximate surface area is 115 Å². The fraction of sp³-hybridized carbons (Fsp3) is 0.562. The van der Waals surface area contributed by atoms with Crippen LogP contribution < -0.4 is 0 Å². The van der Waals surface area contributed by atoms with Crippen LogP contribution in [-0.4, -0.2) is 19.2 Å². The largest absolute Gasteiger partial charge is 0.460 e. The fourth-order valence-electron chi connectivity index (χ4n) is 2.00. The summed E-state index contributed by atoms with van der Waals surface area (Å²) in [5.74, 6) is -0.308. The van der Waals surface area contributed by atoms with Crippen molar-refractivity contribution in [2.45, 2.75) is 51.7 Å². The number of hydrogen-bond donors (Lipinski definition) is 0. The lowest BCUT2D eigenvalue weighted by Crippen LogP contribution is -2.22. The molecule has 106 valence electrons. The monoisotopic (exact) mass is 264 g/mol. The molecule has 0 saturated carbocycles. The first kappa shape index (κ1) is 15.7. The average Bonchev–Trinajstić information content (AvgIpc) is 2.41. The first-order valence-electron chi connectivity index (χ1n) is 6.97. The van der Waals surface area contributed by atoms with Crippen molar-refractivity contribution in [3.63, 3.8) is 0 Å². The van der Waals surface area contributed by atoms with Crippen molar-refractivity contribution in [1.29, 1.82) is 0 Å². The van der Waals surface area contributed by atoms with Gasteiger partial charge < -0.3 is 9.47 Å². The number of hydrogen-bond acceptors (Lipinski definition) is 3. The fourth-order valence-corrected chi connectivity index (χ4v) is 2.00. The summed E-state index contributed by atoms with van der Waals surface area (Å²) < 4.78 is 10.7. The molecule has 1 rings (SSSR count). The highest BCUT2D eigenvalue weighted by molar-refractivity contribution is 5.76. The lowest BCUT2D eigenvalue weighted by atomic mass is 10.1. The van der Waals surface area contributed by atoms with E-state index in [0.29, 0.717) is 0 Å². The van der Waals surface area contributed by atoms with Gasteiger partial charge in [0.1, 0.15) is 0 Å². The number of rotatable bonds is 8. The second-order valence-corrected chi connectivity index (χ2v) is 4.77. The second-order valence-electron chi connectivity index (χ2n) is 4.77. The molecule has 0 aliphatic heterocycles. The van der Waals surface area contributed by atoms with E-state index in [0.717, 1.165) is 18.4 Å². The van der Waals surface area contributed by atoms with Gasteiger partial charge in [-0.1, -0.05) is 50.1 Å². The molecular weight excluding hydrogens is 240 g/mol. The smallest absolute Gasteiger partial charge is 0.340 e. The molecule has 0 aromatic heterocycles. The summed E-state index contributed by atoms with van der Waals surface area (Å²) in [4.78, 5) is 12.1. The van der Waals surface area contributed by atoms with Crippen molar-refractivity contribution in [3.05, 3.63) is 35.9 Å². The Morgan fingerprint density at radius 1 is 1.21 bits per heavy atom. The van der Waals surface area contributed by atoms with Crippen LogP contribution in [0.1, 0.15) is 51.2 Å². The SMILES string of the molecule is CCCCC[C@@H](C)OC(=O)[C@@H](OC)c1ccccc1. The molecule has 0 N–H and O–H groups in total. The predicted octanol–water partition coefficient (Wildman–Crippen LogP) is 3.89. The lowest BCUT2D eigenvalue weighted by molar-refractivity contribution is -0.161. The summed E-state index contributed by atoms with van der Waals surface area (Å²) in [7, 11) is 1.53. The molecule has 0 unspecified atom stereocenters. The van der Waals surface area contributed by atoms with Gasteiger partial charge in [-0.3, -0.25) is 0 Å². The molecule has 0 heterocycles. The molecule has 0 radical (unpaired) electrons. The van der Waals surface area contributed by atoms with Gasteiger partial charge in [0, 0.05) is 7.11 Å². The third kappa shape index (κ3) is 5.43. The van der Waals surface area contributed by atoms with Gasteiger partial charge in [0.15, 0.2) is 6.10 Å². The Balaban J connectivity index is 2.50. The van der Waals surface area contributed by atoms with Crippen LogP contribution in [0, 0.1) is 0 Å². The molecule has 0 fully saturated rings. The zero-order valence-corrected chi connectivity index (χ0v) is 12.1. The van der Waals surface area contributed by atoms with E-state index in [1.54, 1.807) is 0 Å². The third-order valence-electron chi connectivity index (χ3n) is 3.08. The molecule has 1 aromatic carbocycles. The molecule has 19 heavy (non-hydrogen) atoms. The Kier molecular flexibility index (Phi) is 7.19. The van der Waals surface area contributed by atoms with Crippen molar-refractivity contribution in [2.75, 3.05) is 7.11 Å². The van der Waals surface area contributed by atoms with E-state index in [-0.39, 0.29) is 12.1 Å². The molecule has 0 bridgehead atoms. The zero-order valence-electron chi connectivity index (χ0n) is 12.1. The van der Waals surface area contributed by atoms with E-state index in [9.17, 15) is 4.79 Å². The van der Waals surface area contributed by atoms with Crippen molar-refractivity contribution in [2.24, 2.45) is 0 Å². The Morgan fingerprint density at radius 3 is 2.47 bits per heavy atom. The topological polar surface area (TPSA) is 35.5 Å². The average molecular weight is 264 g/mol. The summed E-state index contributed by atoms with van der Waals surface area (Å²) in [6.07, 6.45) is 3.66. The molecule has 0 aliphatic carbocycles. The van der Waals surface area contributed by atoms with E-state index in [1.165, 1.54) is 20.0 Å². The normalized spacial score (nSPS) is 13.8. The van der Waals surface area contributed by atoms with Crippen LogP contribution in [0.4, 0.5) is 0 Å². The maximum absolute atomic E-state index is 12.1. The molecule has 3 nitrogen and oxygen atoms in total. The summed E-state index contributed by atoms with van der Waals surface area (Å²) in [6, 6.07) is 9.43. The van der Waals surface area contributed by atoms with Gasteiger partial charge >= 0.3 is 5.97 Å². The lowest BCUT2D eigenvalue weighted by Gasteiger charge is -2.18. The van der Waals surface area contributed by atoms with Crippen molar-refractivity contribution < 1.29 is 14.3 Å². The quantitative estimate of drug-likeness (QED) is 0.528. The first-order valence-corrected chi connectivity index (χ1v) is 6.97. The summed E-state index contributed by atoms with van der Waals surface area (Å²) in [5.41, 5.74) is 0.829. The minimum absolute atomic E-state index is 0.0552. The Hall–Kier alpha value is -1.35. The third-order valence-corrected chi connectivity index (χ3v) is 3.08. The van der Waals surface area contributed by atoms with Gasteiger partial charge in [-0.05, 0) is 25.3 Å². The van der Waals surface area contributed by atoms with Gasteiger partial charge in [0.2, 0.25) is 0 Å². The minimum atomic E-state index is -0.630. The van der Waals surface area contributed by atoms with Crippen molar-refractivity contribution in [3.8, 4) is 0 Å². The van der Waals surface area contributed by atoms with Crippen LogP contribution in [0.15, 0.2) is 30.3 Å².